The highest BCUT2D eigenvalue weighted by Gasteiger charge is 2.24. The molecule has 0 unspecified atom stereocenters. The third kappa shape index (κ3) is 4.04. The van der Waals surface area contributed by atoms with Crippen LogP contribution in [0.15, 0.2) is 5.03 Å². The van der Waals surface area contributed by atoms with Crippen molar-refractivity contribution in [3.8, 4) is 0 Å². The van der Waals surface area contributed by atoms with E-state index in [4.69, 9.17) is 0 Å². The lowest BCUT2D eigenvalue weighted by atomic mass is 10.2. The minimum absolute atomic E-state index is 0.127. The summed E-state index contributed by atoms with van der Waals surface area (Å²) in [5.74, 6) is 0.830. The molecule has 0 aliphatic heterocycles. The van der Waals surface area contributed by atoms with Gasteiger partial charge in [0.1, 0.15) is 0 Å². The first-order chi connectivity index (χ1) is 9.54. The molecular formula is C13H24N4O2S. The minimum atomic E-state index is -3.51. The molecule has 114 valence electrons. The standard InChI is InChI=1S/C13H24N4O2S/c1-3-14-9-12-10(2)16-17-13(12)20(18,19)15-8-4-5-11-6-7-11/h11,14-15H,3-9H2,1-2H3,(H,16,17). The molecule has 0 saturated heterocycles. The van der Waals surface area contributed by atoms with E-state index in [0.717, 1.165) is 36.6 Å². The van der Waals surface area contributed by atoms with Crippen molar-refractivity contribution in [3.05, 3.63) is 11.3 Å². The van der Waals surface area contributed by atoms with Gasteiger partial charge < -0.3 is 5.32 Å². The van der Waals surface area contributed by atoms with Crippen molar-refractivity contribution in [1.29, 1.82) is 0 Å². The van der Waals surface area contributed by atoms with Gasteiger partial charge in [0.2, 0.25) is 0 Å². The van der Waals surface area contributed by atoms with E-state index < -0.39 is 10.0 Å². The van der Waals surface area contributed by atoms with Gasteiger partial charge in [-0.05, 0) is 32.2 Å². The zero-order valence-electron chi connectivity index (χ0n) is 12.2. The van der Waals surface area contributed by atoms with Crippen molar-refractivity contribution in [3.63, 3.8) is 0 Å². The smallest absolute Gasteiger partial charge is 0.260 e. The van der Waals surface area contributed by atoms with Crippen molar-refractivity contribution in [1.82, 2.24) is 20.2 Å². The third-order valence-corrected chi connectivity index (χ3v) is 5.05. The molecule has 1 saturated carbocycles. The molecule has 0 aromatic carbocycles. The number of nitrogens with one attached hydrogen (secondary N) is 3. The molecular weight excluding hydrogens is 276 g/mol. The molecule has 6 nitrogen and oxygen atoms in total. The monoisotopic (exact) mass is 300 g/mol. The topological polar surface area (TPSA) is 86.9 Å². The summed E-state index contributed by atoms with van der Waals surface area (Å²) in [6, 6.07) is 0. The van der Waals surface area contributed by atoms with Gasteiger partial charge in [-0.25, -0.2) is 13.1 Å². The van der Waals surface area contributed by atoms with Crippen LogP contribution in [-0.2, 0) is 16.6 Å². The van der Waals surface area contributed by atoms with Crippen LogP contribution >= 0.6 is 0 Å². The van der Waals surface area contributed by atoms with Crippen LogP contribution in [0, 0.1) is 12.8 Å². The fraction of sp³-hybridized carbons (Fsp3) is 0.769. The zero-order chi connectivity index (χ0) is 14.6. The van der Waals surface area contributed by atoms with Gasteiger partial charge in [0.25, 0.3) is 10.0 Å². The molecule has 1 fully saturated rings. The van der Waals surface area contributed by atoms with Crippen LogP contribution in [0.25, 0.3) is 0 Å². The molecule has 2 rings (SSSR count). The molecule has 0 radical (unpaired) electrons. The minimum Gasteiger partial charge on any atom is -0.313 e. The lowest BCUT2D eigenvalue weighted by Crippen LogP contribution is -2.27. The molecule has 0 amide bonds. The van der Waals surface area contributed by atoms with Crippen LogP contribution < -0.4 is 10.0 Å². The van der Waals surface area contributed by atoms with Crippen LogP contribution in [0.3, 0.4) is 0 Å². The van der Waals surface area contributed by atoms with Gasteiger partial charge >= 0.3 is 0 Å². The normalized spacial score (nSPS) is 15.7. The second-order valence-electron chi connectivity index (χ2n) is 5.40. The summed E-state index contributed by atoms with van der Waals surface area (Å²) >= 11 is 0. The van der Waals surface area contributed by atoms with Gasteiger partial charge in [-0.3, -0.25) is 5.10 Å². The Labute approximate surface area is 120 Å². The molecule has 0 atom stereocenters. The van der Waals surface area contributed by atoms with Crippen LogP contribution in [-0.4, -0.2) is 31.7 Å². The van der Waals surface area contributed by atoms with Gasteiger partial charge in [-0.15, -0.1) is 0 Å². The predicted molar refractivity (Wildman–Crippen MR) is 77.9 cm³/mol. The largest absolute Gasteiger partial charge is 0.313 e. The highest BCUT2D eigenvalue weighted by atomic mass is 32.2. The Morgan fingerprint density at radius 2 is 2.15 bits per heavy atom. The summed E-state index contributed by atoms with van der Waals surface area (Å²) in [5, 5.41) is 9.98. The quantitative estimate of drug-likeness (QED) is 0.600. The Morgan fingerprint density at radius 3 is 2.80 bits per heavy atom. The van der Waals surface area contributed by atoms with E-state index in [-0.39, 0.29) is 5.03 Å². The van der Waals surface area contributed by atoms with E-state index in [9.17, 15) is 8.42 Å². The van der Waals surface area contributed by atoms with E-state index in [1.54, 1.807) is 0 Å². The van der Waals surface area contributed by atoms with E-state index in [1.807, 2.05) is 13.8 Å². The summed E-state index contributed by atoms with van der Waals surface area (Å²) in [4.78, 5) is 0. The third-order valence-electron chi connectivity index (χ3n) is 3.62. The maximum absolute atomic E-state index is 12.3. The van der Waals surface area contributed by atoms with Crippen LogP contribution in [0.5, 0.6) is 0 Å². The molecule has 1 aromatic rings. The first kappa shape index (κ1) is 15.5. The fourth-order valence-corrected chi connectivity index (χ4v) is 3.45. The lowest BCUT2D eigenvalue weighted by Gasteiger charge is -2.07. The lowest BCUT2D eigenvalue weighted by molar-refractivity contribution is 0.566. The number of aryl methyl sites for hydroxylation is 1. The van der Waals surface area contributed by atoms with Crippen molar-refractivity contribution in [2.45, 2.75) is 51.1 Å². The molecule has 0 bridgehead atoms. The van der Waals surface area contributed by atoms with E-state index in [0.29, 0.717) is 13.1 Å². The second kappa shape index (κ2) is 6.69. The molecule has 1 aromatic heterocycles. The van der Waals surface area contributed by atoms with E-state index in [2.05, 4.69) is 20.2 Å². The highest BCUT2D eigenvalue weighted by molar-refractivity contribution is 7.89. The second-order valence-corrected chi connectivity index (χ2v) is 7.08. The zero-order valence-corrected chi connectivity index (χ0v) is 13.0. The van der Waals surface area contributed by atoms with Crippen LogP contribution in [0.4, 0.5) is 0 Å². The Hall–Kier alpha value is -0.920. The first-order valence-electron chi connectivity index (χ1n) is 7.28. The molecule has 1 aliphatic rings. The highest BCUT2D eigenvalue weighted by Crippen LogP contribution is 2.33. The average molecular weight is 300 g/mol. The number of hydrogen-bond donors (Lipinski definition) is 3. The summed E-state index contributed by atoms with van der Waals surface area (Å²) in [5.41, 5.74) is 1.52. The maximum Gasteiger partial charge on any atom is 0.260 e. The molecule has 1 aliphatic carbocycles. The van der Waals surface area contributed by atoms with E-state index >= 15 is 0 Å². The number of hydrogen-bond acceptors (Lipinski definition) is 4. The van der Waals surface area contributed by atoms with Crippen molar-refractivity contribution < 1.29 is 8.42 Å². The SMILES string of the molecule is CCNCc1c(S(=O)(=O)NCCCC2CC2)n[nH]c1C. The van der Waals surface area contributed by atoms with Crippen molar-refractivity contribution in [2.24, 2.45) is 5.92 Å². The van der Waals surface area contributed by atoms with Gasteiger partial charge in [0.05, 0.1) is 0 Å². The molecule has 20 heavy (non-hydrogen) atoms. The Morgan fingerprint density at radius 1 is 1.40 bits per heavy atom. The number of rotatable bonds is 9. The number of aromatic amines is 1. The van der Waals surface area contributed by atoms with Gasteiger partial charge in [0.15, 0.2) is 5.03 Å². The molecule has 1 heterocycles. The first-order valence-corrected chi connectivity index (χ1v) is 8.77. The van der Waals surface area contributed by atoms with Crippen LogP contribution in [0.1, 0.15) is 43.9 Å². The molecule has 7 heteroatoms. The Kier molecular flexibility index (Phi) is 5.17. The number of aromatic nitrogens is 2. The van der Waals surface area contributed by atoms with Crippen molar-refractivity contribution >= 4 is 10.0 Å². The number of H-pyrrole nitrogens is 1. The Bertz CT molecular complexity index is 535. The van der Waals surface area contributed by atoms with Crippen molar-refractivity contribution in [2.75, 3.05) is 13.1 Å². The average Bonchev–Trinajstić information content (AvgIpc) is 3.15. The molecule has 0 spiro atoms. The van der Waals surface area contributed by atoms with E-state index in [1.165, 1.54) is 12.8 Å². The number of nitrogens with zero attached hydrogens (tertiary/aromatic N) is 1. The summed E-state index contributed by atoms with van der Waals surface area (Å²) in [6.45, 7) is 5.62. The van der Waals surface area contributed by atoms with Gasteiger partial charge in [0, 0.05) is 24.3 Å². The van der Waals surface area contributed by atoms with Gasteiger partial charge in [-0.1, -0.05) is 19.8 Å². The summed E-state index contributed by atoms with van der Waals surface area (Å²) in [6.07, 6.45) is 4.62. The number of sulfonamides is 1. The fourth-order valence-electron chi connectivity index (χ4n) is 2.18. The van der Waals surface area contributed by atoms with Gasteiger partial charge in [-0.2, -0.15) is 5.10 Å². The maximum atomic E-state index is 12.3. The predicted octanol–water partition coefficient (Wildman–Crippen LogP) is 1.30. The Balaban J connectivity index is 1.96. The van der Waals surface area contributed by atoms with Crippen LogP contribution in [0.2, 0.25) is 0 Å². The summed E-state index contributed by atoms with van der Waals surface area (Å²) < 4.78 is 27.2. The summed E-state index contributed by atoms with van der Waals surface area (Å²) in [7, 11) is -3.51. The molecule has 3 N–H and O–H groups in total.